The van der Waals surface area contributed by atoms with Crippen LogP contribution in [0.25, 0.3) is 5.65 Å². The molecule has 0 saturated carbocycles. The molecule has 0 saturated heterocycles. The predicted molar refractivity (Wildman–Crippen MR) is 81.8 cm³/mol. The summed E-state index contributed by atoms with van der Waals surface area (Å²) in [5.41, 5.74) is 1.85. The SMILES string of the molecule is Cc1nc2c(C)cc(NC(=O)c3c(F)cccc3Cl)cn2n1. The Morgan fingerprint density at radius 1 is 1.36 bits per heavy atom. The van der Waals surface area contributed by atoms with Crippen LogP contribution in [0.2, 0.25) is 5.02 Å². The smallest absolute Gasteiger partial charge is 0.260 e. The molecule has 5 nitrogen and oxygen atoms in total. The number of halogens is 2. The molecule has 22 heavy (non-hydrogen) atoms. The van der Waals surface area contributed by atoms with Crippen LogP contribution < -0.4 is 5.32 Å². The van der Waals surface area contributed by atoms with E-state index in [1.54, 1.807) is 23.7 Å². The number of carbonyl (C=O) groups excluding carboxylic acids is 1. The Hall–Kier alpha value is -2.47. The van der Waals surface area contributed by atoms with E-state index in [0.717, 1.165) is 5.56 Å². The van der Waals surface area contributed by atoms with E-state index in [-0.39, 0.29) is 10.6 Å². The van der Waals surface area contributed by atoms with Gasteiger partial charge in [-0.1, -0.05) is 17.7 Å². The number of carbonyl (C=O) groups is 1. The van der Waals surface area contributed by atoms with E-state index in [9.17, 15) is 9.18 Å². The molecular weight excluding hydrogens is 307 g/mol. The van der Waals surface area contributed by atoms with Crippen molar-refractivity contribution < 1.29 is 9.18 Å². The van der Waals surface area contributed by atoms with Crippen LogP contribution in [0.3, 0.4) is 0 Å². The summed E-state index contributed by atoms with van der Waals surface area (Å²) in [4.78, 5) is 16.5. The first-order valence-corrected chi connectivity index (χ1v) is 6.92. The molecule has 3 rings (SSSR count). The second kappa shape index (κ2) is 5.38. The zero-order valence-corrected chi connectivity index (χ0v) is 12.6. The van der Waals surface area contributed by atoms with Crippen molar-refractivity contribution in [3.05, 3.63) is 58.3 Å². The number of benzene rings is 1. The van der Waals surface area contributed by atoms with Crippen molar-refractivity contribution in [3.8, 4) is 0 Å². The minimum Gasteiger partial charge on any atom is -0.320 e. The monoisotopic (exact) mass is 318 g/mol. The fourth-order valence-corrected chi connectivity index (χ4v) is 2.48. The lowest BCUT2D eigenvalue weighted by atomic mass is 10.2. The number of fused-ring (bicyclic) bond motifs is 1. The summed E-state index contributed by atoms with van der Waals surface area (Å²) < 4.78 is 15.3. The highest BCUT2D eigenvalue weighted by molar-refractivity contribution is 6.34. The molecule has 0 bridgehead atoms. The van der Waals surface area contributed by atoms with Gasteiger partial charge in [-0.15, -0.1) is 0 Å². The van der Waals surface area contributed by atoms with Crippen molar-refractivity contribution >= 4 is 28.8 Å². The van der Waals surface area contributed by atoms with E-state index in [4.69, 9.17) is 11.6 Å². The van der Waals surface area contributed by atoms with Crippen LogP contribution in [0.15, 0.2) is 30.5 Å². The maximum Gasteiger partial charge on any atom is 0.260 e. The Kier molecular flexibility index (Phi) is 3.54. The minimum absolute atomic E-state index is 0.0619. The highest BCUT2D eigenvalue weighted by Crippen LogP contribution is 2.21. The van der Waals surface area contributed by atoms with Crippen LogP contribution >= 0.6 is 11.6 Å². The number of pyridine rings is 1. The number of hydrogen-bond acceptors (Lipinski definition) is 3. The lowest BCUT2D eigenvalue weighted by Crippen LogP contribution is -2.15. The molecule has 112 valence electrons. The van der Waals surface area contributed by atoms with E-state index in [0.29, 0.717) is 17.2 Å². The molecular formula is C15H12ClFN4O. The summed E-state index contributed by atoms with van der Waals surface area (Å²) in [6.45, 7) is 3.64. The molecule has 3 aromatic rings. The topological polar surface area (TPSA) is 59.3 Å². The molecule has 1 aromatic carbocycles. The number of nitrogens with zero attached hydrogens (tertiary/aromatic N) is 3. The van der Waals surface area contributed by atoms with Crippen molar-refractivity contribution in [2.24, 2.45) is 0 Å². The zero-order chi connectivity index (χ0) is 15.9. The van der Waals surface area contributed by atoms with Crippen molar-refractivity contribution in [2.75, 3.05) is 5.32 Å². The first-order valence-electron chi connectivity index (χ1n) is 6.54. The van der Waals surface area contributed by atoms with Gasteiger partial charge in [-0.05, 0) is 37.6 Å². The third-order valence-corrected chi connectivity index (χ3v) is 3.49. The van der Waals surface area contributed by atoms with Gasteiger partial charge in [0.25, 0.3) is 5.91 Å². The van der Waals surface area contributed by atoms with Gasteiger partial charge in [-0.2, -0.15) is 5.10 Å². The number of aryl methyl sites for hydroxylation is 2. The second-order valence-corrected chi connectivity index (χ2v) is 5.30. The highest BCUT2D eigenvalue weighted by Gasteiger charge is 2.16. The Morgan fingerprint density at radius 3 is 2.86 bits per heavy atom. The van der Waals surface area contributed by atoms with Gasteiger partial charge in [0, 0.05) is 0 Å². The quantitative estimate of drug-likeness (QED) is 0.788. The van der Waals surface area contributed by atoms with Gasteiger partial charge >= 0.3 is 0 Å². The average molecular weight is 319 g/mol. The molecule has 2 heterocycles. The van der Waals surface area contributed by atoms with Gasteiger partial charge < -0.3 is 5.32 Å². The zero-order valence-electron chi connectivity index (χ0n) is 11.9. The Labute approximate surface area is 130 Å². The van der Waals surface area contributed by atoms with Gasteiger partial charge in [-0.3, -0.25) is 4.79 Å². The molecule has 0 aliphatic heterocycles. The van der Waals surface area contributed by atoms with Gasteiger partial charge in [-0.25, -0.2) is 13.9 Å². The molecule has 0 aliphatic rings. The van der Waals surface area contributed by atoms with E-state index < -0.39 is 11.7 Å². The number of nitrogens with one attached hydrogen (secondary N) is 1. The maximum absolute atomic E-state index is 13.8. The third-order valence-electron chi connectivity index (χ3n) is 3.17. The van der Waals surface area contributed by atoms with E-state index in [1.807, 2.05) is 6.92 Å². The fraction of sp³-hybridized carbons (Fsp3) is 0.133. The summed E-state index contributed by atoms with van der Waals surface area (Å²) >= 11 is 5.89. The molecule has 1 N–H and O–H groups in total. The number of rotatable bonds is 2. The summed E-state index contributed by atoms with van der Waals surface area (Å²) in [7, 11) is 0. The summed E-state index contributed by atoms with van der Waals surface area (Å²) in [6.07, 6.45) is 1.62. The first kappa shape index (κ1) is 14.5. The predicted octanol–water partition coefficient (Wildman–Crippen LogP) is 3.39. The molecule has 0 radical (unpaired) electrons. The third kappa shape index (κ3) is 2.53. The Bertz CT molecular complexity index is 870. The molecule has 0 aliphatic carbocycles. The standard InChI is InChI=1S/C15H12ClFN4O/c1-8-6-10(7-21-14(8)18-9(2)20-21)19-15(22)13-11(16)4-3-5-12(13)17/h3-7H,1-2H3,(H,19,22). The minimum atomic E-state index is -0.667. The molecule has 2 aromatic heterocycles. The summed E-state index contributed by atoms with van der Waals surface area (Å²) in [5, 5.41) is 6.90. The average Bonchev–Trinajstić information content (AvgIpc) is 2.79. The normalized spacial score (nSPS) is 10.9. The number of aromatic nitrogens is 3. The molecule has 0 atom stereocenters. The Morgan fingerprint density at radius 2 is 2.14 bits per heavy atom. The Balaban J connectivity index is 1.97. The van der Waals surface area contributed by atoms with Gasteiger partial charge in [0.2, 0.25) is 0 Å². The lowest BCUT2D eigenvalue weighted by Gasteiger charge is -2.09. The molecule has 0 unspecified atom stereocenters. The van der Waals surface area contributed by atoms with Crippen LogP contribution in [0.1, 0.15) is 21.7 Å². The van der Waals surface area contributed by atoms with Crippen molar-refractivity contribution in [1.29, 1.82) is 0 Å². The van der Waals surface area contributed by atoms with Gasteiger partial charge in [0.1, 0.15) is 11.6 Å². The van der Waals surface area contributed by atoms with Crippen LogP contribution in [0.5, 0.6) is 0 Å². The van der Waals surface area contributed by atoms with Crippen molar-refractivity contribution in [2.45, 2.75) is 13.8 Å². The van der Waals surface area contributed by atoms with Crippen molar-refractivity contribution in [1.82, 2.24) is 14.6 Å². The first-order chi connectivity index (χ1) is 10.5. The van der Waals surface area contributed by atoms with Crippen LogP contribution in [-0.2, 0) is 0 Å². The summed E-state index contributed by atoms with van der Waals surface area (Å²) in [5.74, 6) is -0.651. The molecule has 0 fully saturated rings. The largest absolute Gasteiger partial charge is 0.320 e. The molecule has 0 spiro atoms. The second-order valence-electron chi connectivity index (χ2n) is 4.89. The van der Waals surface area contributed by atoms with Gasteiger partial charge in [0.15, 0.2) is 5.65 Å². The van der Waals surface area contributed by atoms with Crippen LogP contribution in [0, 0.1) is 19.7 Å². The van der Waals surface area contributed by atoms with E-state index in [2.05, 4.69) is 15.4 Å². The fourth-order valence-electron chi connectivity index (χ4n) is 2.23. The van der Waals surface area contributed by atoms with Crippen LogP contribution in [0.4, 0.5) is 10.1 Å². The van der Waals surface area contributed by atoms with Gasteiger partial charge in [0.05, 0.1) is 22.5 Å². The number of anilines is 1. The highest BCUT2D eigenvalue weighted by atomic mass is 35.5. The maximum atomic E-state index is 13.8. The molecule has 1 amide bonds. The lowest BCUT2D eigenvalue weighted by molar-refractivity contribution is 0.102. The van der Waals surface area contributed by atoms with Crippen molar-refractivity contribution in [3.63, 3.8) is 0 Å². The van der Waals surface area contributed by atoms with E-state index in [1.165, 1.54) is 18.2 Å². The van der Waals surface area contributed by atoms with E-state index >= 15 is 0 Å². The number of amides is 1. The number of hydrogen-bond donors (Lipinski definition) is 1. The summed E-state index contributed by atoms with van der Waals surface area (Å²) in [6, 6.07) is 5.85. The molecule has 7 heteroatoms. The van der Waals surface area contributed by atoms with Crippen LogP contribution in [-0.4, -0.2) is 20.5 Å².